The molecule has 0 amide bonds. The van der Waals surface area contributed by atoms with Crippen LogP contribution in [-0.2, 0) is 6.54 Å². The van der Waals surface area contributed by atoms with Crippen molar-refractivity contribution in [1.82, 2.24) is 15.3 Å². The third-order valence-electron chi connectivity index (χ3n) is 3.97. The van der Waals surface area contributed by atoms with Gasteiger partial charge in [0.2, 0.25) is 5.95 Å². The number of benzene rings is 1. The van der Waals surface area contributed by atoms with Gasteiger partial charge in [0.25, 0.3) is 0 Å². The monoisotopic (exact) mass is 298 g/mol. The topological polar surface area (TPSA) is 79.1 Å². The molecule has 2 aromatic rings. The maximum atomic E-state index is 5.86. The van der Waals surface area contributed by atoms with Gasteiger partial charge >= 0.3 is 0 Å². The number of anilines is 3. The van der Waals surface area contributed by atoms with Gasteiger partial charge in [-0.25, -0.2) is 0 Å². The quantitative estimate of drug-likeness (QED) is 0.776. The van der Waals surface area contributed by atoms with E-state index in [2.05, 4.69) is 37.6 Å². The molecule has 1 aliphatic rings. The van der Waals surface area contributed by atoms with Crippen molar-refractivity contribution in [2.75, 3.05) is 36.1 Å². The molecule has 1 atom stereocenters. The minimum atomic E-state index is 0.306. The highest BCUT2D eigenvalue weighted by atomic mass is 15.3. The number of nitrogen functional groups attached to an aromatic ring is 1. The fourth-order valence-corrected chi connectivity index (χ4v) is 2.70. The van der Waals surface area contributed by atoms with E-state index >= 15 is 0 Å². The third kappa shape index (κ3) is 3.46. The molecule has 1 unspecified atom stereocenters. The fourth-order valence-electron chi connectivity index (χ4n) is 2.70. The second-order valence-electron chi connectivity index (χ2n) is 5.53. The van der Waals surface area contributed by atoms with E-state index in [4.69, 9.17) is 5.73 Å². The highest BCUT2D eigenvalue weighted by Crippen LogP contribution is 2.21. The van der Waals surface area contributed by atoms with E-state index in [1.165, 1.54) is 5.56 Å². The summed E-state index contributed by atoms with van der Waals surface area (Å²) in [5.41, 5.74) is 7.06. The summed E-state index contributed by atoms with van der Waals surface area (Å²) in [6.45, 7) is 2.65. The van der Waals surface area contributed by atoms with Crippen LogP contribution in [0.3, 0.4) is 0 Å². The van der Waals surface area contributed by atoms with Crippen molar-refractivity contribution in [3.63, 3.8) is 0 Å². The number of rotatable bonds is 5. The van der Waals surface area contributed by atoms with Crippen molar-refractivity contribution in [1.29, 1.82) is 0 Å². The number of hydrogen-bond acceptors (Lipinski definition) is 6. The van der Waals surface area contributed by atoms with Crippen LogP contribution in [0, 0.1) is 0 Å². The molecular formula is C16H22N6. The van der Waals surface area contributed by atoms with Crippen LogP contribution in [-0.4, -0.2) is 36.1 Å². The Morgan fingerprint density at radius 2 is 2.09 bits per heavy atom. The third-order valence-corrected chi connectivity index (χ3v) is 3.97. The number of nitrogens with one attached hydrogen (secondary N) is 2. The number of aromatic nitrogens is 2. The number of likely N-dealkylation sites (N-methyl/N-ethyl adjacent to an activating group) is 1. The Bertz CT molecular complexity index is 615. The van der Waals surface area contributed by atoms with Gasteiger partial charge in [0.1, 0.15) is 11.6 Å². The normalized spacial score (nSPS) is 17.7. The molecule has 6 nitrogen and oxygen atoms in total. The first-order valence-electron chi connectivity index (χ1n) is 7.59. The summed E-state index contributed by atoms with van der Waals surface area (Å²) < 4.78 is 0. The Morgan fingerprint density at radius 3 is 2.82 bits per heavy atom. The minimum Gasteiger partial charge on any atom is -0.368 e. The molecule has 0 saturated carbocycles. The highest BCUT2D eigenvalue weighted by Gasteiger charge is 2.22. The molecule has 4 N–H and O–H groups in total. The van der Waals surface area contributed by atoms with Gasteiger partial charge in [0.05, 0.1) is 0 Å². The zero-order chi connectivity index (χ0) is 15.4. The smallest absolute Gasteiger partial charge is 0.223 e. The average molecular weight is 298 g/mol. The van der Waals surface area contributed by atoms with E-state index in [1.54, 1.807) is 0 Å². The van der Waals surface area contributed by atoms with Crippen LogP contribution < -0.4 is 21.3 Å². The molecule has 1 fully saturated rings. The van der Waals surface area contributed by atoms with E-state index in [1.807, 2.05) is 31.3 Å². The van der Waals surface area contributed by atoms with Gasteiger partial charge in [-0.3, -0.25) is 0 Å². The molecule has 0 radical (unpaired) electrons. The van der Waals surface area contributed by atoms with Crippen LogP contribution in [0.4, 0.5) is 17.6 Å². The predicted octanol–water partition coefficient (Wildman–Crippen LogP) is 1.47. The zero-order valence-electron chi connectivity index (χ0n) is 12.8. The lowest BCUT2D eigenvalue weighted by Gasteiger charge is -2.18. The van der Waals surface area contributed by atoms with Crippen molar-refractivity contribution in [2.24, 2.45) is 0 Å². The number of nitrogens with two attached hydrogens (primary N) is 1. The lowest BCUT2D eigenvalue weighted by atomic mass is 10.2. The van der Waals surface area contributed by atoms with Gasteiger partial charge in [0.15, 0.2) is 0 Å². The molecule has 6 heteroatoms. The van der Waals surface area contributed by atoms with Crippen LogP contribution in [0.2, 0.25) is 0 Å². The van der Waals surface area contributed by atoms with Gasteiger partial charge in [-0.2, -0.15) is 9.97 Å². The predicted molar refractivity (Wildman–Crippen MR) is 89.9 cm³/mol. The summed E-state index contributed by atoms with van der Waals surface area (Å²) in [6.07, 6.45) is 1.12. The molecule has 1 aromatic heterocycles. The van der Waals surface area contributed by atoms with E-state index in [9.17, 15) is 0 Å². The molecule has 1 aromatic carbocycles. The lowest BCUT2D eigenvalue weighted by molar-refractivity contribution is 0.616. The summed E-state index contributed by atoms with van der Waals surface area (Å²) in [4.78, 5) is 10.9. The van der Waals surface area contributed by atoms with Crippen molar-refractivity contribution >= 4 is 17.6 Å². The maximum Gasteiger partial charge on any atom is 0.223 e. The molecule has 0 bridgehead atoms. The zero-order valence-corrected chi connectivity index (χ0v) is 12.8. The Hall–Kier alpha value is -2.34. The van der Waals surface area contributed by atoms with Crippen LogP contribution in [0.15, 0.2) is 36.4 Å². The molecular weight excluding hydrogens is 276 g/mol. The Labute approximate surface area is 130 Å². The molecule has 0 spiro atoms. The second-order valence-corrected chi connectivity index (χ2v) is 5.53. The second kappa shape index (κ2) is 6.62. The molecule has 0 aliphatic carbocycles. The number of hydrogen-bond donors (Lipinski definition) is 3. The summed E-state index contributed by atoms with van der Waals surface area (Å²) in [6, 6.07) is 12.7. The fraction of sp³-hybridized carbons (Fsp3) is 0.375. The molecule has 3 rings (SSSR count). The van der Waals surface area contributed by atoms with Crippen molar-refractivity contribution < 1.29 is 0 Å². The Morgan fingerprint density at radius 1 is 1.27 bits per heavy atom. The SMILES string of the molecule is CNC1CCN(c2cc(NCc3ccccc3)nc(N)n2)C1. The first kappa shape index (κ1) is 14.6. The van der Waals surface area contributed by atoms with Crippen molar-refractivity contribution in [3.05, 3.63) is 42.0 Å². The van der Waals surface area contributed by atoms with E-state index < -0.39 is 0 Å². The van der Waals surface area contributed by atoms with Gasteiger partial charge in [-0.15, -0.1) is 0 Å². The van der Waals surface area contributed by atoms with Crippen molar-refractivity contribution in [2.45, 2.75) is 19.0 Å². The van der Waals surface area contributed by atoms with Gasteiger partial charge in [-0.05, 0) is 19.0 Å². The standard InChI is InChI=1S/C16H22N6/c1-18-13-7-8-22(11-13)15-9-14(20-16(17)21-15)19-10-12-5-3-2-4-6-12/h2-6,9,13,18H,7-8,10-11H2,1H3,(H3,17,19,20,21). The van der Waals surface area contributed by atoms with Crippen LogP contribution >= 0.6 is 0 Å². The average Bonchev–Trinajstić information content (AvgIpc) is 3.03. The van der Waals surface area contributed by atoms with E-state index in [-0.39, 0.29) is 0 Å². The molecule has 1 aliphatic heterocycles. The number of nitrogens with zero attached hydrogens (tertiary/aromatic N) is 3. The maximum absolute atomic E-state index is 5.86. The molecule has 2 heterocycles. The van der Waals surface area contributed by atoms with Crippen molar-refractivity contribution in [3.8, 4) is 0 Å². The summed E-state index contributed by atoms with van der Waals surface area (Å²) in [5, 5.41) is 6.63. The minimum absolute atomic E-state index is 0.306. The van der Waals surface area contributed by atoms with E-state index in [0.29, 0.717) is 12.0 Å². The lowest BCUT2D eigenvalue weighted by Crippen LogP contribution is -2.30. The van der Waals surface area contributed by atoms with Gasteiger partial charge in [0, 0.05) is 31.7 Å². The largest absolute Gasteiger partial charge is 0.368 e. The molecule has 116 valence electrons. The first-order valence-corrected chi connectivity index (χ1v) is 7.59. The summed E-state index contributed by atoms with van der Waals surface area (Å²) >= 11 is 0. The van der Waals surface area contributed by atoms with Crippen LogP contribution in [0.1, 0.15) is 12.0 Å². The molecule has 22 heavy (non-hydrogen) atoms. The molecule has 1 saturated heterocycles. The van der Waals surface area contributed by atoms with Gasteiger partial charge < -0.3 is 21.3 Å². The Kier molecular flexibility index (Phi) is 4.39. The van der Waals surface area contributed by atoms with Crippen LogP contribution in [0.5, 0.6) is 0 Å². The summed E-state index contributed by atoms with van der Waals surface area (Å²) in [5.74, 6) is 1.96. The van der Waals surface area contributed by atoms with Crippen LogP contribution in [0.25, 0.3) is 0 Å². The Balaban J connectivity index is 1.70. The first-order chi connectivity index (χ1) is 10.7. The highest BCUT2D eigenvalue weighted by molar-refractivity contribution is 5.53. The summed E-state index contributed by atoms with van der Waals surface area (Å²) in [7, 11) is 2.00. The van der Waals surface area contributed by atoms with Gasteiger partial charge in [-0.1, -0.05) is 30.3 Å². The van der Waals surface area contributed by atoms with E-state index in [0.717, 1.165) is 37.7 Å².